The summed E-state index contributed by atoms with van der Waals surface area (Å²) in [6.07, 6.45) is -4.63. The van der Waals surface area contributed by atoms with E-state index in [0.717, 1.165) is 16.3 Å². The van der Waals surface area contributed by atoms with Gasteiger partial charge in [-0.3, -0.25) is 0 Å². The number of hydrogen-bond donors (Lipinski definition) is 2. The summed E-state index contributed by atoms with van der Waals surface area (Å²) < 4.78 is 64.7. The number of aryl methyl sites for hydroxylation is 1. The van der Waals surface area contributed by atoms with Crippen LogP contribution in [0.2, 0.25) is 0 Å². The van der Waals surface area contributed by atoms with Crippen molar-refractivity contribution in [3.63, 3.8) is 0 Å². The summed E-state index contributed by atoms with van der Waals surface area (Å²) in [5.74, 6) is 0. The lowest BCUT2D eigenvalue weighted by molar-refractivity contribution is -0.141. The average molecular weight is 424 g/mol. The van der Waals surface area contributed by atoms with Gasteiger partial charge in [-0.1, -0.05) is 29.8 Å². The standard InChI is InChI=1S/C19H19F3N4O2S/c1-3-24-15-10-14(8-9-17(15)29(23,27)28)26-16(11-18(25-26)19(20,21)22)13-6-4-12(2)5-7-13/h4-11,24H,3H2,1-2H3,(H2,23,27,28). The molecule has 154 valence electrons. The summed E-state index contributed by atoms with van der Waals surface area (Å²) >= 11 is 0. The molecule has 0 spiro atoms. The molecule has 3 rings (SSSR count). The fraction of sp³-hybridized carbons (Fsp3) is 0.211. The third-order valence-corrected chi connectivity index (χ3v) is 5.20. The molecule has 29 heavy (non-hydrogen) atoms. The van der Waals surface area contributed by atoms with Gasteiger partial charge >= 0.3 is 6.18 Å². The largest absolute Gasteiger partial charge is 0.435 e. The van der Waals surface area contributed by atoms with E-state index < -0.39 is 21.9 Å². The summed E-state index contributed by atoms with van der Waals surface area (Å²) in [6, 6.07) is 12.0. The number of alkyl halides is 3. The minimum Gasteiger partial charge on any atom is -0.384 e. The Kier molecular flexibility index (Phi) is 5.42. The van der Waals surface area contributed by atoms with Gasteiger partial charge in [0.2, 0.25) is 10.0 Å². The maximum absolute atomic E-state index is 13.3. The van der Waals surface area contributed by atoms with Crippen LogP contribution < -0.4 is 10.5 Å². The van der Waals surface area contributed by atoms with Crippen LogP contribution in [0.15, 0.2) is 53.4 Å². The molecule has 0 aliphatic carbocycles. The molecular formula is C19H19F3N4O2S. The highest BCUT2D eigenvalue weighted by Crippen LogP contribution is 2.34. The Balaban J connectivity index is 2.23. The molecule has 3 aromatic rings. The van der Waals surface area contributed by atoms with Crippen LogP contribution in [-0.2, 0) is 16.2 Å². The van der Waals surface area contributed by atoms with Gasteiger partial charge in [-0.2, -0.15) is 18.3 Å². The molecule has 6 nitrogen and oxygen atoms in total. The van der Waals surface area contributed by atoms with E-state index in [4.69, 9.17) is 5.14 Å². The Morgan fingerprint density at radius 2 is 1.76 bits per heavy atom. The first-order valence-electron chi connectivity index (χ1n) is 8.66. The lowest BCUT2D eigenvalue weighted by Gasteiger charge is -2.13. The first kappa shape index (κ1) is 20.9. The molecule has 2 aromatic carbocycles. The monoisotopic (exact) mass is 424 g/mol. The number of nitrogens with zero attached hydrogens (tertiary/aromatic N) is 2. The van der Waals surface area contributed by atoms with Crippen molar-refractivity contribution in [1.82, 2.24) is 9.78 Å². The zero-order valence-electron chi connectivity index (χ0n) is 15.7. The fourth-order valence-corrected chi connectivity index (χ4v) is 3.57. The first-order chi connectivity index (χ1) is 13.5. The van der Waals surface area contributed by atoms with Crippen LogP contribution in [-0.4, -0.2) is 24.7 Å². The Morgan fingerprint density at radius 1 is 1.10 bits per heavy atom. The molecule has 0 aliphatic rings. The van der Waals surface area contributed by atoms with Gasteiger partial charge in [0.1, 0.15) is 4.90 Å². The van der Waals surface area contributed by atoms with Crippen LogP contribution in [0.4, 0.5) is 18.9 Å². The first-order valence-corrected chi connectivity index (χ1v) is 10.2. The maximum atomic E-state index is 13.3. The van der Waals surface area contributed by atoms with Crippen molar-refractivity contribution in [3.05, 3.63) is 59.8 Å². The lowest BCUT2D eigenvalue weighted by Crippen LogP contribution is -2.15. The predicted molar refractivity (Wildman–Crippen MR) is 104 cm³/mol. The van der Waals surface area contributed by atoms with E-state index in [9.17, 15) is 21.6 Å². The molecule has 0 saturated carbocycles. The number of hydrogen-bond acceptors (Lipinski definition) is 4. The van der Waals surface area contributed by atoms with Crippen LogP contribution >= 0.6 is 0 Å². The van der Waals surface area contributed by atoms with Crippen molar-refractivity contribution >= 4 is 15.7 Å². The van der Waals surface area contributed by atoms with Crippen molar-refractivity contribution < 1.29 is 21.6 Å². The zero-order valence-corrected chi connectivity index (χ0v) is 16.5. The minimum atomic E-state index is -4.63. The van der Waals surface area contributed by atoms with Crippen molar-refractivity contribution in [2.24, 2.45) is 5.14 Å². The van der Waals surface area contributed by atoms with E-state index in [1.165, 1.54) is 18.2 Å². The van der Waals surface area contributed by atoms with Gasteiger partial charge in [0, 0.05) is 12.1 Å². The average Bonchev–Trinajstić information content (AvgIpc) is 3.07. The summed E-state index contributed by atoms with van der Waals surface area (Å²) in [5, 5.41) is 11.8. The second kappa shape index (κ2) is 7.53. The van der Waals surface area contributed by atoms with Crippen molar-refractivity contribution in [2.45, 2.75) is 24.9 Å². The normalized spacial score (nSPS) is 12.2. The van der Waals surface area contributed by atoms with E-state index in [1.807, 2.05) is 6.92 Å². The zero-order chi connectivity index (χ0) is 21.4. The number of sulfonamides is 1. The predicted octanol–water partition coefficient (Wildman–Crippen LogP) is 3.95. The fourth-order valence-electron chi connectivity index (χ4n) is 2.87. The van der Waals surface area contributed by atoms with Crippen LogP contribution in [0.1, 0.15) is 18.2 Å². The highest BCUT2D eigenvalue weighted by atomic mass is 32.2. The van der Waals surface area contributed by atoms with Gasteiger partial charge in [0.25, 0.3) is 0 Å². The number of benzene rings is 2. The van der Waals surface area contributed by atoms with Crippen LogP contribution in [0, 0.1) is 6.92 Å². The number of aromatic nitrogens is 2. The Morgan fingerprint density at radius 3 is 2.31 bits per heavy atom. The number of primary sulfonamides is 1. The molecule has 0 radical (unpaired) electrons. The molecule has 0 bridgehead atoms. The van der Waals surface area contributed by atoms with Crippen molar-refractivity contribution in [3.8, 4) is 16.9 Å². The van der Waals surface area contributed by atoms with E-state index in [1.54, 1.807) is 31.2 Å². The van der Waals surface area contributed by atoms with E-state index in [-0.39, 0.29) is 22.0 Å². The number of nitrogens with one attached hydrogen (secondary N) is 1. The van der Waals surface area contributed by atoms with E-state index >= 15 is 0 Å². The van der Waals surface area contributed by atoms with Crippen molar-refractivity contribution in [1.29, 1.82) is 0 Å². The third-order valence-electron chi connectivity index (χ3n) is 4.23. The topological polar surface area (TPSA) is 90.0 Å². The van der Waals surface area contributed by atoms with E-state index in [2.05, 4.69) is 10.4 Å². The highest BCUT2D eigenvalue weighted by Gasteiger charge is 2.35. The molecule has 1 aromatic heterocycles. The minimum absolute atomic E-state index is 0.150. The van der Waals surface area contributed by atoms with E-state index in [0.29, 0.717) is 12.1 Å². The summed E-state index contributed by atoms with van der Waals surface area (Å²) in [4.78, 5) is -0.150. The van der Waals surface area contributed by atoms with Crippen LogP contribution in [0.3, 0.4) is 0 Å². The summed E-state index contributed by atoms with van der Waals surface area (Å²) in [7, 11) is -4.01. The molecule has 0 saturated heterocycles. The summed E-state index contributed by atoms with van der Waals surface area (Å²) in [6.45, 7) is 4.02. The molecule has 10 heteroatoms. The lowest BCUT2D eigenvalue weighted by atomic mass is 10.1. The van der Waals surface area contributed by atoms with Gasteiger partial charge in [-0.25, -0.2) is 18.2 Å². The molecule has 0 unspecified atom stereocenters. The molecular weight excluding hydrogens is 405 g/mol. The second-order valence-electron chi connectivity index (χ2n) is 6.45. The SMILES string of the molecule is CCNc1cc(-n2nc(C(F)(F)F)cc2-c2ccc(C)cc2)ccc1S(N)(=O)=O. The van der Waals surface area contributed by atoms with Gasteiger partial charge in [0.05, 0.1) is 17.1 Å². The van der Waals surface area contributed by atoms with Gasteiger partial charge < -0.3 is 5.32 Å². The molecule has 3 N–H and O–H groups in total. The van der Waals surface area contributed by atoms with Gasteiger partial charge in [-0.05, 0) is 38.1 Å². The Hall–Kier alpha value is -2.85. The van der Waals surface area contributed by atoms with Crippen LogP contribution in [0.25, 0.3) is 16.9 Å². The van der Waals surface area contributed by atoms with Gasteiger partial charge in [0.15, 0.2) is 5.69 Å². The smallest absolute Gasteiger partial charge is 0.384 e. The van der Waals surface area contributed by atoms with Gasteiger partial charge in [-0.15, -0.1) is 0 Å². The number of nitrogens with two attached hydrogens (primary N) is 1. The van der Waals surface area contributed by atoms with Crippen molar-refractivity contribution in [2.75, 3.05) is 11.9 Å². The maximum Gasteiger partial charge on any atom is 0.435 e. The number of rotatable bonds is 5. The quantitative estimate of drug-likeness (QED) is 0.649. The number of anilines is 1. The molecule has 0 fully saturated rings. The second-order valence-corrected chi connectivity index (χ2v) is 7.98. The third kappa shape index (κ3) is 4.43. The molecule has 0 amide bonds. The highest BCUT2D eigenvalue weighted by molar-refractivity contribution is 7.89. The molecule has 0 atom stereocenters. The Bertz CT molecular complexity index is 1140. The molecule has 1 heterocycles. The molecule has 0 aliphatic heterocycles. The summed E-state index contributed by atoms with van der Waals surface area (Å²) in [5.41, 5.74) is 1.13. The number of halogens is 3. The van der Waals surface area contributed by atoms with Crippen LogP contribution in [0.5, 0.6) is 0 Å². The Labute approximate surface area is 166 Å².